The largest absolute Gasteiger partial charge is 0.343 e. The van der Waals surface area contributed by atoms with Crippen molar-refractivity contribution in [1.29, 1.82) is 0 Å². The lowest BCUT2D eigenvalue weighted by Gasteiger charge is -2.32. The lowest BCUT2D eigenvalue weighted by molar-refractivity contribution is -0.133. The Labute approximate surface area is 171 Å². The molecular formula is C23H27N3O3. The number of nitrogens with one attached hydrogen (secondary N) is 2. The molecule has 0 saturated carbocycles. The quantitative estimate of drug-likeness (QED) is 0.820. The van der Waals surface area contributed by atoms with Gasteiger partial charge in [-0.05, 0) is 51.0 Å². The molecule has 0 aromatic heterocycles. The molecular weight excluding hydrogens is 366 g/mol. The Balaban J connectivity index is 1.52. The van der Waals surface area contributed by atoms with Gasteiger partial charge in [-0.2, -0.15) is 0 Å². The van der Waals surface area contributed by atoms with Crippen LogP contribution in [0, 0.1) is 19.8 Å². The summed E-state index contributed by atoms with van der Waals surface area (Å²) in [4.78, 5) is 39.1. The van der Waals surface area contributed by atoms with Crippen LogP contribution in [0.25, 0.3) is 0 Å². The molecule has 1 aliphatic heterocycles. The molecule has 1 fully saturated rings. The maximum atomic E-state index is 12.6. The predicted octanol–water partition coefficient (Wildman–Crippen LogP) is 2.91. The van der Waals surface area contributed by atoms with Crippen LogP contribution in [0.4, 0.5) is 5.69 Å². The maximum Gasteiger partial charge on any atom is 0.251 e. The molecule has 1 atom stereocenters. The Bertz CT molecular complexity index is 875. The number of piperidine rings is 1. The van der Waals surface area contributed by atoms with Crippen LogP contribution < -0.4 is 10.6 Å². The molecule has 1 heterocycles. The SMILES string of the molecule is Cc1cc(C)cc(C(=O)NCC(=O)N2CCCC(C(=O)Nc3ccccc3)C2)c1. The molecule has 2 N–H and O–H groups in total. The van der Waals surface area contributed by atoms with Gasteiger partial charge in [0.2, 0.25) is 11.8 Å². The number of rotatable bonds is 5. The predicted molar refractivity (Wildman–Crippen MR) is 113 cm³/mol. The Hall–Kier alpha value is -3.15. The normalized spacial score (nSPS) is 16.2. The average Bonchev–Trinajstić information content (AvgIpc) is 2.72. The van der Waals surface area contributed by atoms with Crippen LogP contribution >= 0.6 is 0 Å². The molecule has 0 spiro atoms. The summed E-state index contributed by atoms with van der Waals surface area (Å²) in [6, 6.07) is 14.9. The number of aryl methyl sites for hydroxylation is 2. The third-order valence-electron chi connectivity index (χ3n) is 5.07. The van der Waals surface area contributed by atoms with Gasteiger partial charge in [-0.15, -0.1) is 0 Å². The molecule has 1 saturated heterocycles. The fraction of sp³-hybridized carbons (Fsp3) is 0.348. The summed E-state index contributed by atoms with van der Waals surface area (Å²) in [6.45, 7) is 4.77. The van der Waals surface area contributed by atoms with E-state index < -0.39 is 0 Å². The molecule has 1 aliphatic rings. The lowest BCUT2D eigenvalue weighted by atomic mass is 9.97. The number of amides is 3. The van der Waals surface area contributed by atoms with Gasteiger partial charge < -0.3 is 15.5 Å². The number of anilines is 1. The summed E-state index contributed by atoms with van der Waals surface area (Å²) < 4.78 is 0. The standard InChI is InChI=1S/C23H27N3O3/c1-16-11-17(2)13-19(12-16)22(28)24-14-21(27)26-10-6-7-18(15-26)23(29)25-20-8-4-3-5-9-20/h3-5,8-9,11-13,18H,6-7,10,14-15H2,1-2H3,(H,24,28)(H,25,29). The van der Waals surface area contributed by atoms with Gasteiger partial charge in [0.05, 0.1) is 12.5 Å². The zero-order valence-corrected chi connectivity index (χ0v) is 16.9. The molecule has 6 nitrogen and oxygen atoms in total. The number of para-hydroxylation sites is 1. The van der Waals surface area contributed by atoms with Crippen LogP contribution in [-0.2, 0) is 9.59 Å². The molecule has 2 aromatic carbocycles. The number of carbonyl (C=O) groups is 3. The van der Waals surface area contributed by atoms with Crippen LogP contribution in [0.1, 0.15) is 34.3 Å². The lowest BCUT2D eigenvalue weighted by Crippen LogP contribution is -2.47. The highest BCUT2D eigenvalue weighted by Crippen LogP contribution is 2.19. The zero-order valence-electron chi connectivity index (χ0n) is 16.9. The van der Waals surface area contributed by atoms with E-state index in [2.05, 4.69) is 10.6 Å². The van der Waals surface area contributed by atoms with Gasteiger partial charge in [-0.1, -0.05) is 35.4 Å². The van der Waals surface area contributed by atoms with Crippen molar-refractivity contribution in [3.8, 4) is 0 Å². The second kappa shape index (κ2) is 9.37. The number of nitrogens with zero attached hydrogens (tertiary/aromatic N) is 1. The molecule has 29 heavy (non-hydrogen) atoms. The van der Waals surface area contributed by atoms with E-state index in [0.29, 0.717) is 18.7 Å². The first-order chi connectivity index (χ1) is 13.9. The maximum absolute atomic E-state index is 12.6. The van der Waals surface area contributed by atoms with Crippen LogP contribution in [0.15, 0.2) is 48.5 Å². The average molecular weight is 393 g/mol. The van der Waals surface area contributed by atoms with Crippen molar-refractivity contribution in [1.82, 2.24) is 10.2 Å². The van der Waals surface area contributed by atoms with Crippen LogP contribution in [0.3, 0.4) is 0 Å². The first kappa shape index (κ1) is 20.6. The minimum atomic E-state index is -0.263. The summed E-state index contributed by atoms with van der Waals surface area (Å²) in [6.07, 6.45) is 1.51. The van der Waals surface area contributed by atoms with E-state index in [9.17, 15) is 14.4 Å². The molecule has 0 aliphatic carbocycles. The molecule has 0 bridgehead atoms. The van der Waals surface area contributed by atoms with Gasteiger partial charge in [0.25, 0.3) is 5.91 Å². The fourth-order valence-electron chi connectivity index (χ4n) is 3.66. The van der Waals surface area contributed by atoms with Gasteiger partial charge in [-0.25, -0.2) is 0 Å². The van der Waals surface area contributed by atoms with Crippen LogP contribution in [0.2, 0.25) is 0 Å². The molecule has 152 valence electrons. The number of hydrogen-bond donors (Lipinski definition) is 2. The van der Waals surface area contributed by atoms with Gasteiger partial charge in [0, 0.05) is 24.3 Å². The van der Waals surface area contributed by atoms with E-state index in [0.717, 1.165) is 29.7 Å². The van der Waals surface area contributed by atoms with E-state index >= 15 is 0 Å². The Morgan fingerprint density at radius 2 is 1.72 bits per heavy atom. The number of likely N-dealkylation sites (tertiary alicyclic amines) is 1. The van der Waals surface area contributed by atoms with Gasteiger partial charge in [0.1, 0.15) is 0 Å². The van der Waals surface area contributed by atoms with Gasteiger partial charge in [0.15, 0.2) is 0 Å². The molecule has 2 aromatic rings. The number of hydrogen-bond acceptors (Lipinski definition) is 3. The molecule has 3 amide bonds. The van der Waals surface area contributed by atoms with Gasteiger partial charge >= 0.3 is 0 Å². The van der Waals surface area contributed by atoms with Crippen molar-refractivity contribution in [2.75, 3.05) is 25.0 Å². The molecule has 0 radical (unpaired) electrons. The zero-order chi connectivity index (χ0) is 20.8. The van der Waals surface area contributed by atoms with Crippen LogP contribution in [0.5, 0.6) is 0 Å². The van der Waals surface area contributed by atoms with Crippen molar-refractivity contribution in [2.45, 2.75) is 26.7 Å². The second-order valence-electron chi connectivity index (χ2n) is 7.59. The van der Waals surface area contributed by atoms with Crippen molar-refractivity contribution < 1.29 is 14.4 Å². The Morgan fingerprint density at radius 3 is 2.41 bits per heavy atom. The first-order valence-electron chi connectivity index (χ1n) is 9.92. The van der Waals surface area contributed by atoms with Crippen molar-refractivity contribution >= 4 is 23.4 Å². The number of benzene rings is 2. The Morgan fingerprint density at radius 1 is 1.03 bits per heavy atom. The summed E-state index contributed by atoms with van der Waals surface area (Å²) >= 11 is 0. The topological polar surface area (TPSA) is 78.5 Å². The highest BCUT2D eigenvalue weighted by Gasteiger charge is 2.28. The van der Waals surface area contributed by atoms with Gasteiger partial charge in [-0.3, -0.25) is 14.4 Å². The van der Waals surface area contributed by atoms with E-state index in [-0.39, 0.29) is 30.2 Å². The summed E-state index contributed by atoms with van der Waals surface area (Å²) in [5.74, 6) is -0.753. The van der Waals surface area contributed by atoms with Crippen molar-refractivity contribution in [2.24, 2.45) is 5.92 Å². The van der Waals surface area contributed by atoms with E-state index in [1.165, 1.54) is 0 Å². The molecule has 6 heteroatoms. The first-order valence-corrected chi connectivity index (χ1v) is 9.92. The molecule has 1 unspecified atom stereocenters. The van der Waals surface area contributed by atoms with Crippen molar-refractivity contribution in [3.63, 3.8) is 0 Å². The molecule has 3 rings (SSSR count). The fourth-order valence-corrected chi connectivity index (χ4v) is 3.66. The minimum absolute atomic E-state index is 0.0706. The monoisotopic (exact) mass is 393 g/mol. The highest BCUT2D eigenvalue weighted by atomic mass is 16.2. The van der Waals surface area contributed by atoms with E-state index in [1.807, 2.05) is 50.2 Å². The Kier molecular flexibility index (Phi) is 6.65. The van der Waals surface area contributed by atoms with E-state index in [1.54, 1.807) is 17.0 Å². The minimum Gasteiger partial charge on any atom is -0.343 e. The van der Waals surface area contributed by atoms with E-state index in [4.69, 9.17) is 0 Å². The number of carbonyl (C=O) groups excluding carboxylic acids is 3. The highest BCUT2D eigenvalue weighted by molar-refractivity contribution is 5.97. The van der Waals surface area contributed by atoms with Crippen LogP contribution in [-0.4, -0.2) is 42.3 Å². The third kappa shape index (κ3) is 5.67. The third-order valence-corrected chi connectivity index (χ3v) is 5.07. The smallest absolute Gasteiger partial charge is 0.251 e. The summed E-state index contributed by atoms with van der Waals surface area (Å²) in [5, 5.41) is 5.61. The second-order valence-corrected chi connectivity index (χ2v) is 7.59. The van der Waals surface area contributed by atoms with Crippen molar-refractivity contribution in [3.05, 3.63) is 65.2 Å². The summed E-state index contributed by atoms with van der Waals surface area (Å²) in [7, 11) is 0. The summed E-state index contributed by atoms with van der Waals surface area (Å²) in [5.41, 5.74) is 3.31.